The summed E-state index contributed by atoms with van der Waals surface area (Å²) in [6, 6.07) is 0. The van der Waals surface area contributed by atoms with Crippen LogP contribution in [-0.4, -0.2) is 42.6 Å². The largest absolute Gasteiger partial charge is 0.481 e. The Balaban J connectivity index is 2.91. The normalized spacial score (nSPS) is 11.8. The van der Waals surface area contributed by atoms with Crippen molar-refractivity contribution in [3.8, 4) is 0 Å². The number of thioether (sulfide) groups is 2. The van der Waals surface area contributed by atoms with Gasteiger partial charge >= 0.3 is 5.97 Å². The molecule has 7 heteroatoms. The molecule has 0 aliphatic carbocycles. The van der Waals surface area contributed by atoms with Crippen LogP contribution in [0, 0.1) is 0 Å². The third-order valence-corrected chi connectivity index (χ3v) is 4.71. The van der Waals surface area contributed by atoms with Crippen molar-refractivity contribution in [3.05, 3.63) is 5.82 Å². The van der Waals surface area contributed by atoms with Crippen molar-refractivity contribution >= 4 is 29.5 Å². The lowest BCUT2D eigenvalue weighted by atomic mass is 10.2. The van der Waals surface area contributed by atoms with E-state index in [1.165, 1.54) is 11.8 Å². The van der Waals surface area contributed by atoms with Gasteiger partial charge in [-0.3, -0.25) is 4.79 Å². The maximum Gasteiger partial charge on any atom is 0.313 e. The van der Waals surface area contributed by atoms with Crippen molar-refractivity contribution in [3.63, 3.8) is 0 Å². The molecule has 0 saturated carbocycles. The first-order chi connectivity index (χ1) is 8.39. The molecule has 5 nitrogen and oxygen atoms in total. The van der Waals surface area contributed by atoms with Crippen LogP contribution >= 0.6 is 23.5 Å². The van der Waals surface area contributed by atoms with Crippen LogP contribution in [0.25, 0.3) is 0 Å². The number of rotatable bonds is 7. The Morgan fingerprint density at radius 2 is 2.11 bits per heavy atom. The monoisotopic (exact) mass is 289 g/mol. The van der Waals surface area contributed by atoms with E-state index in [4.69, 9.17) is 5.11 Å². The Morgan fingerprint density at radius 3 is 2.61 bits per heavy atom. The quantitative estimate of drug-likeness (QED) is 0.776. The van der Waals surface area contributed by atoms with Gasteiger partial charge in [-0.15, -0.1) is 10.2 Å². The molecule has 0 fully saturated rings. The molecule has 102 valence electrons. The predicted octanol–water partition coefficient (Wildman–Crippen LogP) is 2.16. The van der Waals surface area contributed by atoms with E-state index < -0.39 is 5.97 Å². The van der Waals surface area contributed by atoms with Crippen LogP contribution in [0.3, 0.4) is 0 Å². The van der Waals surface area contributed by atoms with E-state index in [1.807, 2.05) is 11.5 Å². The zero-order chi connectivity index (χ0) is 13.8. The predicted molar refractivity (Wildman–Crippen MR) is 75.4 cm³/mol. The number of aliphatic carboxylic acids is 1. The number of hydrogen-bond acceptors (Lipinski definition) is 5. The zero-order valence-corrected chi connectivity index (χ0v) is 12.8. The van der Waals surface area contributed by atoms with Crippen molar-refractivity contribution in [2.24, 2.45) is 0 Å². The number of carboxylic acids is 1. The molecule has 1 rings (SSSR count). The van der Waals surface area contributed by atoms with E-state index in [0.29, 0.717) is 5.16 Å². The lowest BCUT2D eigenvalue weighted by Gasteiger charge is -2.24. The molecule has 0 bridgehead atoms. The van der Waals surface area contributed by atoms with Gasteiger partial charge in [-0.2, -0.15) is 11.8 Å². The van der Waals surface area contributed by atoms with Crippen molar-refractivity contribution in [2.45, 2.75) is 43.6 Å². The Bertz CT molecular complexity index is 418. The summed E-state index contributed by atoms with van der Waals surface area (Å²) in [4.78, 5) is 10.6. The summed E-state index contributed by atoms with van der Waals surface area (Å²) < 4.78 is 2.11. The lowest BCUT2D eigenvalue weighted by molar-refractivity contribution is -0.133. The summed E-state index contributed by atoms with van der Waals surface area (Å²) in [5.41, 5.74) is 0. The molecule has 0 radical (unpaired) electrons. The first-order valence-electron chi connectivity index (χ1n) is 5.71. The molecule has 18 heavy (non-hydrogen) atoms. The second-order valence-electron chi connectivity index (χ2n) is 4.48. The minimum Gasteiger partial charge on any atom is -0.481 e. The molecule has 0 spiro atoms. The van der Waals surface area contributed by atoms with Crippen molar-refractivity contribution in [2.75, 3.05) is 12.0 Å². The molecule has 1 aromatic rings. The fourth-order valence-electron chi connectivity index (χ4n) is 1.42. The number of carbonyl (C=O) groups is 1. The Morgan fingerprint density at radius 1 is 1.44 bits per heavy atom. The van der Waals surface area contributed by atoms with Gasteiger partial charge in [-0.05, 0) is 20.1 Å². The number of hydrogen-bond donors (Lipinski definition) is 1. The van der Waals surface area contributed by atoms with Gasteiger partial charge < -0.3 is 9.67 Å². The van der Waals surface area contributed by atoms with Crippen LogP contribution in [0.2, 0.25) is 0 Å². The molecule has 0 unspecified atom stereocenters. The average molecular weight is 289 g/mol. The van der Waals surface area contributed by atoms with E-state index in [1.54, 1.807) is 11.8 Å². The van der Waals surface area contributed by atoms with Gasteiger partial charge in [-0.1, -0.05) is 18.7 Å². The van der Waals surface area contributed by atoms with Gasteiger partial charge in [0.25, 0.3) is 0 Å². The number of aromatic nitrogens is 3. The van der Waals surface area contributed by atoms with Crippen LogP contribution < -0.4 is 0 Å². The summed E-state index contributed by atoms with van der Waals surface area (Å²) >= 11 is 3.00. The third-order valence-electron chi connectivity index (χ3n) is 2.53. The Hall–Kier alpha value is -0.690. The molecule has 1 N–H and O–H groups in total. The minimum absolute atomic E-state index is 0.0154. The number of carboxylic acid groups (broad SMARTS) is 1. The average Bonchev–Trinajstić information content (AvgIpc) is 2.68. The summed E-state index contributed by atoms with van der Waals surface area (Å²) in [5.74, 6) is 0.0865. The molecule has 0 aliphatic heterocycles. The van der Waals surface area contributed by atoms with Gasteiger partial charge in [0.2, 0.25) is 0 Å². The summed E-state index contributed by atoms with van der Waals surface area (Å²) in [6.45, 7) is 7.12. The van der Waals surface area contributed by atoms with Gasteiger partial charge in [0, 0.05) is 17.7 Å². The van der Waals surface area contributed by atoms with Crippen LogP contribution in [-0.2, 0) is 17.8 Å². The second kappa shape index (κ2) is 6.47. The summed E-state index contributed by atoms with van der Waals surface area (Å²) in [5, 5.41) is 17.6. The third kappa shape index (κ3) is 4.20. The van der Waals surface area contributed by atoms with E-state index in [2.05, 4.69) is 30.3 Å². The van der Waals surface area contributed by atoms with Gasteiger partial charge in [0.05, 0.1) is 5.75 Å². The van der Waals surface area contributed by atoms with Gasteiger partial charge in [0.15, 0.2) is 5.16 Å². The minimum atomic E-state index is -0.836. The van der Waals surface area contributed by atoms with Crippen LogP contribution in [0.4, 0.5) is 0 Å². The SMILES string of the molecule is CCc1nnc(SCC(=O)O)n1CC(C)(C)SC. The lowest BCUT2D eigenvalue weighted by Crippen LogP contribution is -2.24. The van der Waals surface area contributed by atoms with Crippen molar-refractivity contribution in [1.29, 1.82) is 0 Å². The molecular formula is C11H19N3O2S2. The maximum absolute atomic E-state index is 10.6. The highest BCUT2D eigenvalue weighted by atomic mass is 32.2. The number of aryl methyl sites for hydroxylation is 1. The standard InChI is InChI=1S/C11H19N3O2S2/c1-5-8-12-13-10(18-6-9(15)16)14(8)7-11(2,3)17-4/h5-7H2,1-4H3,(H,15,16). The smallest absolute Gasteiger partial charge is 0.313 e. The molecular weight excluding hydrogens is 270 g/mol. The molecule has 1 aromatic heterocycles. The second-order valence-corrected chi connectivity index (χ2v) is 6.94. The molecule has 0 saturated heterocycles. The van der Waals surface area contributed by atoms with Crippen LogP contribution in [0.1, 0.15) is 26.6 Å². The highest BCUT2D eigenvalue weighted by Gasteiger charge is 2.22. The maximum atomic E-state index is 10.6. The van der Waals surface area contributed by atoms with E-state index >= 15 is 0 Å². The molecule has 0 atom stereocenters. The highest BCUT2D eigenvalue weighted by molar-refractivity contribution is 8.00. The molecule has 0 aromatic carbocycles. The first kappa shape index (κ1) is 15.4. The number of nitrogens with zero attached hydrogens (tertiary/aromatic N) is 3. The van der Waals surface area contributed by atoms with E-state index in [0.717, 1.165) is 18.8 Å². The van der Waals surface area contributed by atoms with Gasteiger partial charge in [-0.25, -0.2) is 0 Å². The summed E-state index contributed by atoms with van der Waals surface area (Å²) in [7, 11) is 0. The molecule has 0 aliphatic rings. The van der Waals surface area contributed by atoms with Crippen LogP contribution in [0.5, 0.6) is 0 Å². The topological polar surface area (TPSA) is 68.0 Å². The fourth-order valence-corrected chi connectivity index (χ4v) is 2.35. The van der Waals surface area contributed by atoms with Crippen LogP contribution in [0.15, 0.2) is 5.16 Å². The van der Waals surface area contributed by atoms with Crippen molar-refractivity contribution in [1.82, 2.24) is 14.8 Å². The Kier molecular flexibility index (Phi) is 5.52. The van der Waals surface area contributed by atoms with Gasteiger partial charge in [0.1, 0.15) is 5.82 Å². The molecule has 1 heterocycles. The van der Waals surface area contributed by atoms with Crippen molar-refractivity contribution < 1.29 is 9.90 Å². The highest BCUT2D eigenvalue weighted by Crippen LogP contribution is 2.27. The fraction of sp³-hybridized carbons (Fsp3) is 0.727. The van der Waals surface area contributed by atoms with E-state index in [9.17, 15) is 4.79 Å². The van der Waals surface area contributed by atoms with E-state index in [-0.39, 0.29) is 10.5 Å². The first-order valence-corrected chi connectivity index (χ1v) is 7.92. The zero-order valence-electron chi connectivity index (χ0n) is 11.1. The Labute approximate surface area is 116 Å². The molecule has 0 amide bonds. The summed E-state index contributed by atoms with van der Waals surface area (Å²) in [6.07, 6.45) is 2.87.